The van der Waals surface area contributed by atoms with Crippen molar-refractivity contribution in [1.29, 1.82) is 0 Å². The van der Waals surface area contributed by atoms with Crippen LogP contribution in [0.4, 0.5) is 0 Å². The predicted molar refractivity (Wildman–Crippen MR) is 69.8 cm³/mol. The number of thiophene rings is 1. The Kier molecular flexibility index (Phi) is 3.09. The molecule has 0 aliphatic rings. The number of aryl methyl sites for hydroxylation is 1. The van der Waals surface area contributed by atoms with Crippen molar-refractivity contribution in [3.63, 3.8) is 0 Å². The van der Waals surface area contributed by atoms with Crippen LogP contribution in [-0.4, -0.2) is 5.11 Å². The van der Waals surface area contributed by atoms with Gasteiger partial charge >= 0.3 is 0 Å². The largest absolute Gasteiger partial charge is 0.392 e. The Labute approximate surface area is 101 Å². The molecule has 0 bridgehead atoms. The van der Waals surface area contributed by atoms with Crippen molar-refractivity contribution in [3.8, 4) is 0 Å². The molecule has 3 heteroatoms. The molecule has 1 aromatic heterocycles. The average molecular weight is 318 g/mol. The molecule has 1 nitrogen and oxygen atoms in total. The van der Waals surface area contributed by atoms with Crippen molar-refractivity contribution in [1.82, 2.24) is 0 Å². The maximum absolute atomic E-state index is 9.30. The molecule has 0 fully saturated rings. The monoisotopic (exact) mass is 318 g/mol. The molecule has 1 aromatic carbocycles. The van der Waals surface area contributed by atoms with Gasteiger partial charge in [0.25, 0.3) is 0 Å². The Bertz CT molecular complexity index is 462. The zero-order chi connectivity index (χ0) is 10.1. The van der Waals surface area contributed by atoms with Gasteiger partial charge in [-0.05, 0) is 58.2 Å². The van der Waals surface area contributed by atoms with Gasteiger partial charge in [0.2, 0.25) is 0 Å². The summed E-state index contributed by atoms with van der Waals surface area (Å²) in [5.74, 6) is 0. The van der Waals surface area contributed by atoms with E-state index in [9.17, 15) is 5.11 Å². The van der Waals surface area contributed by atoms with Crippen LogP contribution in [0.2, 0.25) is 0 Å². The normalized spacial score (nSPS) is 11.1. The Balaban J connectivity index is 2.73. The van der Waals surface area contributed by atoms with Gasteiger partial charge in [0, 0.05) is 13.1 Å². The van der Waals surface area contributed by atoms with Gasteiger partial charge in [0.15, 0.2) is 0 Å². The van der Waals surface area contributed by atoms with E-state index in [1.807, 2.05) is 11.3 Å². The quantitative estimate of drug-likeness (QED) is 0.840. The van der Waals surface area contributed by atoms with Crippen LogP contribution in [0.3, 0.4) is 0 Å². The molecule has 1 N–H and O–H groups in total. The second-order valence-electron chi connectivity index (χ2n) is 3.16. The van der Waals surface area contributed by atoms with E-state index in [4.69, 9.17) is 0 Å². The Hall–Kier alpha value is -0.130. The van der Waals surface area contributed by atoms with Crippen molar-refractivity contribution < 1.29 is 5.11 Å². The van der Waals surface area contributed by atoms with Crippen LogP contribution in [-0.2, 0) is 13.0 Å². The van der Waals surface area contributed by atoms with Crippen LogP contribution in [0.15, 0.2) is 18.2 Å². The van der Waals surface area contributed by atoms with Crippen LogP contribution in [0.5, 0.6) is 0 Å². The van der Waals surface area contributed by atoms with Gasteiger partial charge in [-0.1, -0.05) is 6.92 Å². The molecule has 0 atom stereocenters. The number of hydrogen-bond acceptors (Lipinski definition) is 2. The Morgan fingerprint density at radius 1 is 1.43 bits per heavy atom. The van der Waals surface area contributed by atoms with E-state index in [-0.39, 0.29) is 6.61 Å². The van der Waals surface area contributed by atoms with Crippen LogP contribution < -0.4 is 0 Å². The second kappa shape index (κ2) is 4.16. The summed E-state index contributed by atoms with van der Waals surface area (Å²) in [7, 11) is 0. The summed E-state index contributed by atoms with van der Waals surface area (Å²) in [5, 5.41) is 10.5. The summed E-state index contributed by atoms with van der Waals surface area (Å²) in [4.78, 5) is 1.39. The van der Waals surface area contributed by atoms with Crippen LogP contribution in [0.1, 0.15) is 17.4 Å². The summed E-state index contributed by atoms with van der Waals surface area (Å²) in [6, 6.07) is 6.41. The first-order valence-electron chi connectivity index (χ1n) is 4.57. The first-order chi connectivity index (χ1) is 6.76. The Morgan fingerprint density at radius 2 is 2.21 bits per heavy atom. The molecule has 0 spiro atoms. The minimum absolute atomic E-state index is 0.134. The lowest BCUT2D eigenvalue weighted by Gasteiger charge is -2.01. The molecule has 0 saturated carbocycles. The van der Waals surface area contributed by atoms with E-state index in [1.165, 1.54) is 15.0 Å². The fraction of sp³-hybridized carbons (Fsp3) is 0.273. The molecule has 74 valence electrons. The maximum Gasteiger partial charge on any atom is 0.0698 e. The fourth-order valence-electron chi connectivity index (χ4n) is 1.53. The average Bonchev–Trinajstić information content (AvgIpc) is 2.60. The van der Waals surface area contributed by atoms with E-state index in [1.54, 1.807) is 0 Å². The van der Waals surface area contributed by atoms with Crippen molar-refractivity contribution >= 4 is 44.0 Å². The number of hydrogen-bond donors (Lipinski definition) is 1. The van der Waals surface area contributed by atoms with Crippen molar-refractivity contribution in [2.45, 2.75) is 20.0 Å². The predicted octanol–water partition coefficient (Wildman–Crippen LogP) is 3.56. The molecule has 0 aliphatic carbocycles. The molecule has 1 heterocycles. The maximum atomic E-state index is 9.30. The number of aliphatic hydroxyl groups excluding tert-OH is 1. The van der Waals surface area contributed by atoms with E-state index in [2.05, 4.69) is 47.7 Å². The third kappa shape index (κ3) is 1.68. The van der Waals surface area contributed by atoms with Gasteiger partial charge in [-0.2, -0.15) is 0 Å². The number of rotatable bonds is 2. The zero-order valence-corrected chi connectivity index (χ0v) is 10.9. The van der Waals surface area contributed by atoms with Gasteiger partial charge in [-0.15, -0.1) is 11.3 Å². The standard InChI is InChI=1S/C11H11IOS/c1-2-7-5-8-9(6-13)10(12)3-4-11(8)14-7/h3-5,13H,2,6H2,1H3. The lowest BCUT2D eigenvalue weighted by atomic mass is 10.1. The van der Waals surface area contributed by atoms with Crippen LogP contribution in [0, 0.1) is 3.57 Å². The van der Waals surface area contributed by atoms with Crippen LogP contribution in [0.25, 0.3) is 10.1 Å². The topological polar surface area (TPSA) is 20.2 Å². The summed E-state index contributed by atoms with van der Waals surface area (Å²) < 4.78 is 2.43. The minimum atomic E-state index is 0.134. The molecule has 0 radical (unpaired) electrons. The van der Waals surface area contributed by atoms with E-state index < -0.39 is 0 Å². The highest BCUT2D eigenvalue weighted by atomic mass is 127. The first-order valence-corrected chi connectivity index (χ1v) is 6.46. The van der Waals surface area contributed by atoms with Gasteiger partial charge < -0.3 is 5.11 Å². The number of benzene rings is 1. The number of aliphatic hydroxyl groups is 1. The molecular formula is C11H11IOS. The van der Waals surface area contributed by atoms with Crippen molar-refractivity contribution in [2.24, 2.45) is 0 Å². The summed E-state index contributed by atoms with van der Waals surface area (Å²) in [5.41, 5.74) is 1.07. The van der Waals surface area contributed by atoms with Crippen molar-refractivity contribution in [3.05, 3.63) is 32.2 Å². The van der Waals surface area contributed by atoms with Gasteiger partial charge in [0.05, 0.1) is 6.61 Å². The molecule has 0 saturated heterocycles. The third-order valence-electron chi connectivity index (χ3n) is 2.31. The smallest absolute Gasteiger partial charge is 0.0698 e. The molecule has 2 aromatic rings. The Morgan fingerprint density at radius 3 is 2.86 bits per heavy atom. The summed E-state index contributed by atoms with van der Waals surface area (Å²) in [6.07, 6.45) is 1.07. The minimum Gasteiger partial charge on any atom is -0.392 e. The van der Waals surface area contributed by atoms with Gasteiger partial charge in [-0.25, -0.2) is 0 Å². The number of fused-ring (bicyclic) bond motifs is 1. The van der Waals surface area contributed by atoms with Gasteiger partial charge in [0.1, 0.15) is 0 Å². The van der Waals surface area contributed by atoms with E-state index >= 15 is 0 Å². The zero-order valence-electron chi connectivity index (χ0n) is 7.88. The van der Waals surface area contributed by atoms with E-state index in [0.29, 0.717) is 0 Å². The summed E-state index contributed by atoms with van der Waals surface area (Å²) in [6.45, 7) is 2.30. The SMILES string of the molecule is CCc1cc2c(CO)c(I)ccc2s1. The molecular weight excluding hydrogens is 307 g/mol. The van der Waals surface area contributed by atoms with E-state index in [0.717, 1.165) is 15.6 Å². The van der Waals surface area contributed by atoms with Gasteiger partial charge in [-0.3, -0.25) is 0 Å². The first kappa shape index (κ1) is 10.4. The fourth-order valence-corrected chi connectivity index (χ4v) is 3.20. The summed E-state index contributed by atoms with van der Waals surface area (Å²) >= 11 is 4.10. The third-order valence-corrected chi connectivity index (χ3v) is 4.57. The molecule has 0 amide bonds. The molecule has 14 heavy (non-hydrogen) atoms. The lowest BCUT2D eigenvalue weighted by molar-refractivity contribution is 0.282. The van der Waals surface area contributed by atoms with Crippen LogP contribution >= 0.6 is 33.9 Å². The number of halogens is 1. The molecule has 0 unspecified atom stereocenters. The molecule has 0 aliphatic heterocycles. The second-order valence-corrected chi connectivity index (χ2v) is 5.49. The highest BCUT2D eigenvalue weighted by Gasteiger charge is 2.07. The lowest BCUT2D eigenvalue weighted by Crippen LogP contribution is -1.87. The molecule has 2 rings (SSSR count). The highest BCUT2D eigenvalue weighted by Crippen LogP contribution is 2.31. The van der Waals surface area contributed by atoms with Crippen molar-refractivity contribution in [2.75, 3.05) is 0 Å². The highest BCUT2D eigenvalue weighted by molar-refractivity contribution is 14.1.